The lowest BCUT2D eigenvalue weighted by atomic mass is 9.98. The number of aliphatic hydroxyl groups excluding tert-OH is 7. The molecule has 2 aliphatic rings. The minimum absolute atomic E-state index is 0.116. The molecule has 0 aromatic rings. The Labute approximate surface area is 419 Å². The van der Waals surface area contributed by atoms with E-state index in [1.807, 2.05) is 36.5 Å². The van der Waals surface area contributed by atoms with E-state index in [2.05, 4.69) is 50.3 Å². The van der Waals surface area contributed by atoms with Crippen LogP contribution in [0.25, 0.3) is 0 Å². The summed E-state index contributed by atoms with van der Waals surface area (Å²) >= 11 is 0. The molecule has 0 aromatic heterocycles. The number of rotatable bonds is 40. The van der Waals surface area contributed by atoms with Crippen molar-refractivity contribution in [3.63, 3.8) is 0 Å². The van der Waals surface area contributed by atoms with Crippen LogP contribution in [-0.4, -0.2) is 142 Å². The first-order valence-electron chi connectivity index (χ1n) is 26.6. The van der Waals surface area contributed by atoms with Gasteiger partial charge in [0.05, 0.1) is 19.8 Å². The van der Waals surface area contributed by atoms with Crippen LogP contribution in [0.5, 0.6) is 0 Å². The fourth-order valence-corrected chi connectivity index (χ4v) is 7.97. The molecule has 7 N–H and O–H groups in total. The van der Waals surface area contributed by atoms with Crippen LogP contribution < -0.4 is 0 Å². The summed E-state index contributed by atoms with van der Waals surface area (Å²) < 4.78 is 33.5. The van der Waals surface area contributed by atoms with E-state index >= 15 is 0 Å². The lowest BCUT2D eigenvalue weighted by molar-refractivity contribution is -0.332. The van der Waals surface area contributed by atoms with Gasteiger partial charge in [-0.2, -0.15) is 0 Å². The zero-order chi connectivity index (χ0) is 51.0. The summed E-state index contributed by atoms with van der Waals surface area (Å²) in [6, 6.07) is 0. The second-order valence-electron chi connectivity index (χ2n) is 18.4. The molecule has 70 heavy (non-hydrogen) atoms. The normalized spacial score (nSPS) is 26.0. The second kappa shape index (κ2) is 41.4. The van der Waals surface area contributed by atoms with Crippen LogP contribution in [0.4, 0.5) is 0 Å². The van der Waals surface area contributed by atoms with E-state index in [-0.39, 0.29) is 19.4 Å². The van der Waals surface area contributed by atoms with Gasteiger partial charge in [-0.05, 0) is 57.8 Å². The maximum atomic E-state index is 13.0. The van der Waals surface area contributed by atoms with Crippen LogP contribution in [-0.2, 0) is 38.0 Å². The molecule has 2 aliphatic heterocycles. The summed E-state index contributed by atoms with van der Waals surface area (Å²) in [6.07, 6.45) is 32.3. The molecule has 0 saturated carbocycles. The lowest BCUT2D eigenvalue weighted by Crippen LogP contribution is -2.61. The Hall–Kier alpha value is -3.06. The number of esters is 2. The summed E-state index contributed by atoms with van der Waals surface area (Å²) in [5.74, 6) is -0.974. The largest absolute Gasteiger partial charge is 0.462 e. The minimum atomic E-state index is -1.78. The minimum Gasteiger partial charge on any atom is -0.462 e. The van der Waals surface area contributed by atoms with Crippen molar-refractivity contribution in [3.05, 3.63) is 72.9 Å². The monoisotopic (exact) mass is 993 g/mol. The van der Waals surface area contributed by atoms with Crippen molar-refractivity contribution >= 4 is 11.9 Å². The van der Waals surface area contributed by atoms with E-state index in [0.29, 0.717) is 12.8 Å². The number of hydrogen-bond donors (Lipinski definition) is 7. The Kier molecular flexibility index (Phi) is 37.3. The van der Waals surface area contributed by atoms with E-state index in [1.54, 1.807) is 0 Å². The van der Waals surface area contributed by atoms with Crippen molar-refractivity contribution in [2.45, 2.75) is 235 Å². The fourth-order valence-electron chi connectivity index (χ4n) is 7.97. The van der Waals surface area contributed by atoms with Crippen molar-refractivity contribution in [3.8, 4) is 0 Å². The summed E-state index contributed by atoms with van der Waals surface area (Å²) in [7, 11) is 0. The van der Waals surface area contributed by atoms with Crippen molar-refractivity contribution in [1.82, 2.24) is 0 Å². The van der Waals surface area contributed by atoms with Crippen LogP contribution in [0, 0.1) is 0 Å². The van der Waals surface area contributed by atoms with Gasteiger partial charge in [-0.25, -0.2) is 0 Å². The zero-order valence-corrected chi connectivity index (χ0v) is 42.5. The van der Waals surface area contributed by atoms with Crippen LogP contribution in [0.15, 0.2) is 72.9 Å². The van der Waals surface area contributed by atoms with E-state index in [9.17, 15) is 45.3 Å². The Morgan fingerprint density at radius 3 is 1.51 bits per heavy atom. The summed E-state index contributed by atoms with van der Waals surface area (Å²) in [4.78, 5) is 25.8. The molecule has 0 aromatic carbocycles. The third-order valence-electron chi connectivity index (χ3n) is 12.3. The molecule has 11 atom stereocenters. The zero-order valence-electron chi connectivity index (χ0n) is 42.5. The average molecular weight is 993 g/mol. The molecular weight excluding hydrogens is 901 g/mol. The van der Waals surface area contributed by atoms with E-state index in [0.717, 1.165) is 57.8 Å². The van der Waals surface area contributed by atoms with Crippen molar-refractivity contribution in [2.24, 2.45) is 0 Å². The van der Waals surface area contributed by atoms with Gasteiger partial charge in [-0.15, -0.1) is 0 Å². The number of unbranched alkanes of at least 4 members (excludes halogenated alkanes) is 17. The van der Waals surface area contributed by atoms with E-state index < -0.39 is 99.3 Å². The van der Waals surface area contributed by atoms with Crippen molar-refractivity contribution in [2.75, 3.05) is 26.4 Å². The molecule has 5 unspecified atom stereocenters. The highest BCUT2D eigenvalue weighted by Crippen LogP contribution is 2.26. The van der Waals surface area contributed by atoms with Gasteiger partial charge in [0.2, 0.25) is 0 Å². The van der Waals surface area contributed by atoms with Crippen LogP contribution in [0.3, 0.4) is 0 Å². The van der Waals surface area contributed by atoms with Gasteiger partial charge >= 0.3 is 11.9 Å². The third-order valence-corrected chi connectivity index (χ3v) is 12.3. The Bertz CT molecular complexity index is 1490. The van der Waals surface area contributed by atoms with Crippen LogP contribution >= 0.6 is 0 Å². The molecule has 15 nitrogen and oxygen atoms in total. The Balaban J connectivity index is 1.77. The molecule has 2 rings (SSSR count). The van der Waals surface area contributed by atoms with Crippen LogP contribution in [0.2, 0.25) is 0 Å². The molecule has 0 aliphatic carbocycles. The van der Waals surface area contributed by atoms with Crippen molar-refractivity contribution in [1.29, 1.82) is 0 Å². The standard InChI is InChI=1S/C55H92O15/c1-3-5-7-9-11-13-15-17-18-19-20-21-22-23-24-26-27-29-31-33-35-37-46(57)65-40-43(68-47(58)38-36-34-32-30-28-25-16-14-12-10-8-6-4-2)41-66-54-53(64)51(62)49(60)45(70-54)42-67-55-52(63)50(61)48(59)44(39-56)69-55/h5-8,10-14,16,25,28,43-45,48-56,59-64H,3-4,9,15,17-24,26-27,29-42H2,1-2H3/b7-5+,8-6+,12-10+,13-11+,16-14+,28-25+/t43?,44-,45-,48+,49+,50?,51?,52?,53?,54-,55-/m1/s1. The number of aliphatic hydroxyl groups is 7. The first kappa shape index (κ1) is 63.1. The first-order valence-corrected chi connectivity index (χ1v) is 26.6. The number of carbonyl (C=O) groups is 2. The molecule has 0 bridgehead atoms. The highest BCUT2D eigenvalue weighted by Gasteiger charge is 2.47. The molecule has 0 radical (unpaired) electrons. The van der Waals surface area contributed by atoms with Gasteiger partial charge in [-0.3, -0.25) is 9.59 Å². The van der Waals surface area contributed by atoms with Gasteiger partial charge in [-0.1, -0.05) is 170 Å². The first-order chi connectivity index (χ1) is 34.0. The Morgan fingerprint density at radius 2 is 0.929 bits per heavy atom. The SMILES string of the molecule is CC/C=C/C=C/C=C/C=C/CCCCCC(=O)OC(COC(=O)CCCCCCCCCCCCCCCC/C=C/C/C=C/CC)CO[C@@H]1O[C@H](CO[C@@H]2O[C@H](CO)[C@H](O)C(O)C2O)[C@H](O)C(O)C1O. The summed E-state index contributed by atoms with van der Waals surface area (Å²) in [5.41, 5.74) is 0. The predicted octanol–water partition coefficient (Wildman–Crippen LogP) is 7.82. The average Bonchev–Trinajstić information content (AvgIpc) is 3.35. The maximum Gasteiger partial charge on any atom is 0.306 e. The Morgan fingerprint density at radius 1 is 0.471 bits per heavy atom. The number of hydrogen-bond acceptors (Lipinski definition) is 15. The summed E-state index contributed by atoms with van der Waals surface area (Å²) in [5, 5.41) is 72.1. The quantitative estimate of drug-likeness (QED) is 0.0134. The molecule has 2 fully saturated rings. The maximum absolute atomic E-state index is 13.0. The molecule has 0 amide bonds. The van der Waals surface area contributed by atoms with Crippen LogP contribution in [0.1, 0.15) is 168 Å². The smallest absolute Gasteiger partial charge is 0.306 e. The molecule has 0 spiro atoms. The molecule has 2 heterocycles. The summed E-state index contributed by atoms with van der Waals surface area (Å²) in [6.45, 7) is 2.30. The van der Waals surface area contributed by atoms with Crippen molar-refractivity contribution < 1.29 is 73.8 Å². The van der Waals surface area contributed by atoms with Gasteiger partial charge in [0.15, 0.2) is 18.7 Å². The predicted molar refractivity (Wildman–Crippen MR) is 270 cm³/mol. The number of allylic oxidation sites excluding steroid dienone is 12. The number of carbonyl (C=O) groups excluding carboxylic acids is 2. The number of ether oxygens (including phenoxy) is 6. The van der Waals surface area contributed by atoms with Gasteiger partial charge in [0, 0.05) is 12.8 Å². The molecule has 2 saturated heterocycles. The van der Waals surface area contributed by atoms with Gasteiger partial charge < -0.3 is 64.2 Å². The molecule has 15 heteroatoms. The van der Waals surface area contributed by atoms with Gasteiger partial charge in [0.1, 0.15) is 55.4 Å². The highest BCUT2D eigenvalue weighted by atomic mass is 16.7. The van der Waals surface area contributed by atoms with Gasteiger partial charge in [0.25, 0.3) is 0 Å². The van der Waals surface area contributed by atoms with E-state index in [1.165, 1.54) is 70.6 Å². The fraction of sp³-hybridized carbons (Fsp3) is 0.745. The lowest BCUT2D eigenvalue weighted by Gasteiger charge is -2.42. The molecular formula is C55H92O15. The highest BCUT2D eigenvalue weighted by molar-refractivity contribution is 5.70. The van der Waals surface area contributed by atoms with E-state index in [4.69, 9.17) is 28.4 Å². The third kappa shape index (κ3) is 28.8. The molecule has 402 valence electrons. The second-order valence-corrected chi connectivity index (χ2v) is 18.4. The topological polar surface area (TPSA) is 231 Å².